The van der Waals surface area contributed by atoms with Crippen LogP contribution < -0.4 is 5.32 Å². The van der Waals surface area contributed by atoms with Gasteiger partial charge in [0.25, 0.3) is 0 Å². The molecule has 0 aromatic rings. The van der Waals surface area contributed by atoms with Crippen LogP contribution in [0.25, 0.3) is 0 Å². The summed E-state index contributed by atoms with van der Waals surface area (Å²) in [5.41, 5.74) is 0.453. The number of piperazine rings is 1. The Morgan fingerprint density at radius 2 is 1.90 bits per heavy atom. The molecular weight excluding hydrogens is 258 g/mol. The molecule has 122 valence electrons. The lowest BCUT2D eigenvalue weighted by molar-refractivity contribution is -0.0200. The number of piperidine rings is 1. The fraction of sp³-hybridized carbons (Fsp3) is 1.00. The van der Waals surface area contributed by atoms with Crippen molar-refractivity contribution in [2.24, 2.45) is 11.8 Å². The van der Waals surface area contributed by atoms with Crippen LogP contribution in [0.3, 0.4) is 0 Å². The molecule has 2 saturated heterocycles. The summed E-state index contributed by atoms with van der Waals surface area (Å²) in [7, 11) is 2.28. The Labute approximate surface area is 131 Å². The van der Waals surface area contributed by atoms with Crippen molar-refractivity contribution in [2.45, 2.75) is 70.5 Å². The molecule has 0 amide bonds. The molecule has 0 radical (unpaired) electrons. The Kier molecular flexibility index (Phi) is 4.63. The number of likely N-dealkylation sites (tertiary alicyclic amines) is 1. The van der Waals surface area contributed by atoms with E-state index >= 15 is 0 Å². The first-order valence-electron chi connectivity index (χ1n) is 9.20. The molecular formula is C18H35N3. The molecule has 2 heterocycles. The van der Waals surface area contributed by atoms with Crippen LogP contribution in [-0.4, -0.2) is 60.6 Å². The van der Waals surface area contributed by atoms with Gasteiger partial charge in [0.15, 0.2) is 0 Å². The second-order valence-corrected chi connectivity index (χ2v) is 8.45. The lowest BCUT2D eigenvalue weighted by Crippen LogP contribution is -2.68. The van der Waals surface area contributed by atoms with Crippen LogP contribution >= 0.6 is 0 Å². The van der Waals surface area contributed by atoms with Crippen LogP contribution in [0.4, 0.5) is 0 Å². The summed E-state index contributed by atoms with van der Waals surface area (Å²) in [6, 6.07) is 1.53. The molecule has 3 nitrogen and oxygen atoms in total. The van der Waals surface area contributed by atoms with Crippen molar-refractivity contribution in [3.8, 4) is 0 Å². The highest BCUT2D eigenvalue weighted by atomic mass is 15.3. The van der Waals surface area contributed by atoms with Crippen molar-refractivity contribution in [1.29, 1.82) is 0 Å². The van der Waals surface area contributed by atoms with Gasteiger partial charge in [0.05, 0.1) is 0 Å². The third-order valence-corrected chi connectivity index (χ3v) is 6.42. The van der Waals surface area contributed by atoms with Gasteiger partial charge in [0.1, 0.15) is 0 Å². The monoisotopic (exact) mass is 293 g/mol. The minimum atomic E-state index is 0.453. The Morgan fingerprint density at radius 3 is 2.52 bits per heavy atom. The summed E-state index contributed by atoms with van der Waals surface area (Å²) in [6.45, 7) is 12.3. The third-order valence-electron chi connectivity index (χ3n) is 6.42. The van der Waals surface area contributed by atoms with Crippen LogP contribution in [0.2, 0.25) is 0 Å². The van der Waals surface area contributed by atoms with Gasteiger partial charge in [-0.15, -0.1) is 0 Å². The number of hydrogen-bond acceptors (Lipinski definition) is 3. The van der Waals surface area contributed by atoms with E-state index in [1.165, 1.54) is 58.3 Å². The minimum absolute atomic E-state index is 0.453. The van der Waals surface area contributed by atoms with E-state index in [9.17, 15) is 0 Å². The average Bonchev–Trinajstić information content (AvgIpc) is 2.86. The highest BCUT2D eigenvalue weighted by molar-refractivity contribution is 5.04. The van der Waals surface area contributed by atoms with Crippen LogP contribution in [0.1, 0.15) is 52.9 Å². The predicted molar refractivity (Wildman–Crippen MR) is 89.6 cm³/mol. The fourth-order valence-electron chi connectivity index (χ4n) is 5.16. The second-order valence-electron chi connectivity index (χ2n) is 8.45. The van der Waals surface area contributed by atoms with Crippen LogP contribution in [0, 0.1) is 11.8 Å². The van der Waals surface area contributed by atoms with Crippen LogP contribution in [0.5, 0.6) is 0 Å². The van der Waals surface area contributed by atoms with Gasteiger partial charge >= 0.3 is 0 Å². The SMILES string of the molecule is CC(C)C1CNC2(CCCC2)CN1C1CCN(C)CC1C. The number of nitrogens with zero attached hydrogens (tertiary/aromatic N) is 2. The van der Waals surface area contributed by atoms with Gasteiger partial charge in [0, 0.05) is 37.3 Å². The van der Waals surface area contributed by atoms with Gasteiger partial charge in [-0.3, -0.25) is 4.90 Å². The summed E-state index contributed by atoms with van der Waals surface area (Å²) in [5, 5.41) is 3.97. The van der Waals surface area contributed by atoms with E-state index < -0.39 is 0 Å². The average molecular weight is 293 g/mol. The predicted octanol–water partition coefficient (Wildman–Crippen LogP) is 2.57. The molecule has 1 aliphatic carbocycles. The van der Waals surface area contributed by atoms with Gasteiger partial charge in [-0.1, -0.05) is 33.6 Å². The third kappa shape index (κ3) is 3.16. The first-order valence-corrected chi connectivity index (χ1v) is 9.20. The summed E-state index contributed by atoms with van der Waals surface area (Å²) in [4.78, 5) is 5.45. The normalized spacial score (nSPS) is 38.4. The van der Waals surface area contributed by atoms with E-state index in [1.807, 2.05) is 0 Å². The van der Waals surface area contributed by atoms with Gasteiger partial charge < -0.3 is 10.2 Å². The van der Waals surface area contributed by atoms with Crippen molar-refractivity contribution in [2.75, 3.05) is 33.2 Å². The van der Waals surface area contributed by atoms with Crippen LogP contribution in [0.15, 0.2) is 0 Å². The first-order chi connectivity index (χ1) is 10.0. The topological polar surface area (TPSA) is 18.5 Å². The minimum Gasteiger partial charge on any atom is -0.308 e. The summed E-state index contributed by atoms with van der Waals surface area (Å²) in [6.07, 6.45) is 7.01. The standard InChI is InChI=1S/C18H35N3/c1-14(2)17-11-19-18(8-5-6-9-18)13-21(17)16-7-10-20(4)12-15(16)3/h14-17,19H,5-13H2,1-4H3. The lowest BCUT2D eigenvalue weighted by Gasteiger charge is -2.53. The van der Waals surface area contributed by atoms with E-state index in [4.69, 9.17) is 0 Å². The van der Waals surface area contributed by atoms with Crippen molar-refractivity contribution < 1.29 is 0 Å². The van der Waals surface area contributed by atoms with Crippen molar-refractivity contribution in [1.82, 2.24) is 15.1 Å². The van der Waals surface area contributed by atoms with Gasteiger partial charge in [-0.2, -0.15) is 0 Å². The molecule has 2 aliphatic heterocycles. The molecule has 3 rings (SSSR count). The zero-order chi connectivity index (χ0) is 15.0. The molecule has 0 aromatic carbocycles. The number of hydrogen-bond donors (Lipinski definition) is 1. The van der Waals surface area contributed by atoms with Gasteiger partial charge in [-0.05, 0) is 44.7 Å². The maximum atomic E-state index is 3.97. The molecule has 3 fully saturated rings. The fourth-order valence-corrected chi connectivity index (χ4v) is 5.16. The van der Waals surface area contributed by atoms with E-state index in [0.29, 0.717) is 5.54 Å². The molecule has 0 bridgehead atoms. The highest BCUT2D eigenvalue weighted by Gasteiger charge is 2.45. The van der Waals surface area contributed by atoms with E-state index in [2.05, 4.69) is 42.9 Å². The molecule has 3 unspecified atom stereocenters. The summed E-state index contributed by atoms with van der Waals surface area (Å²) < 4.78 is 0. The highest BCUT2D eigenvalue weighted by Crippen LogP contribution is 2.37. The molecule has 0 aromatic heterocycles. The summed E-state index contributed by atoms with van der Waals surface area (Å²) >= 11 is 0. The number of nitrogens with one attached hydrogen (secondary N) is 1. The van der Waals surface area contributed by atoms with E-state index in [1.54, 1.807) is 0 Å². The smallest absolute Gasteiger partial charge is 0.0309 e. The Morgan fingerprint density at radius 1 is 1.19 bits per heavy atom. The molecule has 21 heavy (non-hydrogen) atoms. The molecule has 1 saturated carbocycles. The molecule has 3 atom stereocenters. The Balaban J connectivity index is 1.77. The quantitative estimate of drug-likeness (QED) is 0.844. The summed E-state index contributed by atoms with van der Waals surface area (Å²) in [5.74, 6) is 1.56. The second kappa shape index (κ2) is 6.17. The maximum Gasteiger partial charge on any atom is 0.0309 e. The molecule has 3 heteroatoms. The molecule has 1 N–H and O–H groups in total. The van der Waals surface area contributed by atoms with E-state index in [0.717, 1.165) is 23.9 Å². The van der Waals surface area contributed by atoms with Gasteiger partial charge in [0.2, 0.25) is 0 Å². The van der Waals surface area contributed by atoms with E-state index in [-0.39, 0.29) is 0 Å². The van der Waals surface area contributed by atoms with Crippen LogP contribution in [-0.2, 0) is 0 Å². The zero-order valence-electron chi connectivity index (χ0n) is 14.6. The Bertz CT molecular complexity index is 348. The first kappa shape index (κ1) is 15.8. The Hall–Kier alpha value is -0.120. The zero-order valence-corrected chi connectivity index (χ0v) is 14.6. The number of rotatable bonds is 2. The van der Waals surface area contributed by atoms with Crippen molar-refractivity contribution >= 4 is 0 Å². The molecule has 3 aliphatic rings. The lowest BCUT2D eigenvalue weighted by atomic mass is 9.83. The van der Waals surface area contributed by atoms with Crippen molar-refractivity contribution in [3.63, 3.8) is 0 Å². The molecule has 1 spiro atoms. The largest absolute Gasteiger partial charge is 0.308 e. The van der Waals surface area contributed by atoms with Gasteiger partial charge in [-0.25, -0.2) is 0 Å². The maximum absolute atomic E-state index is 3.97. The van der Waals surface area contributed by atoms with Crippen molar-refractivity contribution in [3.05, 3.63) is 0 Å².